The summed E-state index contributed by atoms with van der Waals surface area (Å²) in [6.45, 7) is 2.66. The fraction of sp³-hybridized carbons (Fsp3) is 0.440. The molecule has 1 saturated heterocycles. The fourth-order valence-electron chi connectivity index (χ4n) is 4.00. The Morgan fingerprint density at radius 2 is 1.66 bits per heavy atom. The molecule has 2 aromatic rings. The smallest absolute Gasteiger partial charge is 0.243 e. The predicted molar refractivity (Wildman–Crippen MR) is 129 cm³/mol. The Morgan fingerprint density at radius 3 is 2.26 bits per heavy atom. The van der Waals surface area contributed by atoms with E-state index in [9.17, 15) is 22.4 Å². The number of aliphatic hydroxyl groups excluding tert-OH is 1. The van der Waals surface area contributed by atoms with Gasteiger partial charge in [-0.25, -0.2) is 12.8 Å². The third kappa shape index (κ3) is 7.09. The SMILES string of the molecule is C[C@H](C(=O)NCCO)N(Cc1ccc(F)cc1)C(=O)CCc1ccc(S(=O)(=O)N2CCCC2)cc1. The van der Waals surface area contributed by atoms with E-state index in [-0.39, 0.29) is 36.9 Å². The summed E-state index contributed by atoms with van der Waals surface area (Å²) in [5.41, 5.74) is 1.48. The summed E-state index contributed by atoms with van der Waals surface area (Å²) < 4.78 is 40.2. The van der Waals surface area contributed by atoms with Gasteiger partial charge in [-0.3, -0.25) is 9.59 Å². The van der Waals surface area contributed by atoms with Crippen LogP contribution in [0.2, 0.25) is 0 Å². The van der Waals surface area contributed by atoms with E-state index in [0.29, 0.717) is 25.1 Å². The zero-order chi connectivity index (χ0) is 25.4. The van der Waals surface area contributed by atoms with E-state index < -0.39 is 27.8 Å². The predicted octanol–water partition coefficient (Wildman–Crippen LogP) is 2.07. The van der Waals surface area contributed by atoms with Crippen molar-refractivity contribution >= 4 is 21.8 Å². The molecule has 1 aliphatic heterocycles. The van der Waals surface area contributed by atoms with Crippen LogP contribution in [0.1, 0.15) is 37.3 Å². The molecule has 2 N–H and O–H groups in total. The van der Waals surface area contributed by atoms with E-state index >= 15 is 0 Å². The molecule has 0 unspecified atom stereocenters. The maximum Gasteiger partial charge on any atom is 0.243 e. The lowest BCUT2D eigenvalue weighted by Crippen LogP contribution is -2.48. The number of nitrogens with one attached hydrogen (secondary N) is 1. The standard InChI is InChI=1S/C25H32FN3O5S/c1-19(25(32)27-14-17-30)29(18-21-4-9-22(26)10-5-21)24(31)13-8-20-6-11-23(12-7-20)35(33,34)28-15-2-3-16-28/h4-7,9-12,19,30H,2-3,8,13-18H2,1H3,(H,27,32)/t19-/m1/s1. The van der Waals surface area contributed by atoms with Gasteiger partial charge in [0.1, 0.15) is 11.9 Å². The molecule has 10 heteroatoms. The average Bonchev–Trinajstić information content (AvgIpc) is 3.41. The molecule has 35 heavy (non-hydrogen) atoms. The van der Waals surface area contributed by atoms with Gasteiger partial charge in [0.15, 0.2) is 0 Å². The summed E-state index contributed by atoms with van der Waals surface area (Å²) >= 11 is 0. The van der Waals surface area contributed by atoms with Gasteiger partial charge < -0.3 is 15.3 Å². The molecule has 0 radical (unpaired) electrons. The summed E-state index contributed by atoms with van der Waals surface area (Å²) in [5, 5.41) is 11.6. The molecule has 8 nitrogen and oxygen atoms in total. The number of aryl methyl sites for hydroxylation is 1. The van der Waals surface area contributed by atoms with Crippen LogP contribution in [0.15, 0.2) is 53.4 Å². The first-order valence-corrected chi connectivity index (χ1v) is 13.2. The van der Waals surface area contributed by atoms with Crippen LogP contribution in [-0.2, 0) is 32.6 Å². The van der Waals surface area contributed by atoms with Crippen LogP contribution in [0, 0.1) is 5.82 Å². The molecule has 0 saturated carbocycles. The molecule has 190 valence electrons. The highest BCUT2D eigenvalue weighted by atomic mass is 32.2. The molecule has 3 rings (SSSR count). The molecule has 1 fully saturated rings. The number of hydrogen-bond acceptors (Lipinski definition) is 5. The van der Waals surface area contributed by atoms with Crippen LogP contribution >= 0.6 is 0 Å². The number of carbonyl (C=O) groups is 2. The van der Waals surface area contributed by atoms with Gasteiger partial charge in [-0.2, -0.15) is 4.31 Å². The maximum atomic E-state index is 13.3. The first-order chi connectivity index (χ1) is 16.7. The molecular weight excluding hydrogens is 473 g/mol. The first-order valence-electron chi connectivity index (χ1n) is 11.7. The molecule has 1 aliphatic rings. The van der Waals surface area contributed by atoms with E-state index in [2.05, 4.69) is 5.32 Å². The second-order valence-corrected chi connectivity index (χ2v) is 10.5. The molecule has 1 atom stereocenters. The Bertz CT molecular complexity index is 1100. The lowest BCUT2D eigenvalue weighted by Gasteiger charge is -2.29. The third-order valence-corrected chi connectivity index (χ3v) is 8.01. The summed E-state index contributed by atoms with van der Waals surface area (Å²) in [7, 11) is -3.50. The third-order valence-electron chi connectivity index (χ3n) is 6.10. The van der Waals surface area contributed by atoms with Crippen LogP contribution in [0.4, 0.5) is 4.39 Å². The molecule has 2 aromatic carbocycles. The van der Waals surface area contributed by atoms with E-state index in [4.69, 9.17) is 5.11 Å². The first kappa shape index (κ1) is 26.8. The number of benzene rings is 2. The Morgan fingerprint density at radius 1 is 1.06 bits per heavy atom. The monoisotopic (exact) mass is 505 g/mol. The second kappa shape index (κ2) is 12.2. The van der Waals surface area contributed by atoms with Gasteiger partial charge in [-0.05, 0) is 61.6 Å². The van der Waals surface area contributed by atoms with Crippen molar-refractivity contribution in [2.24, 2.45) is 0 Å². The summed E-state index contributed by atoms with van der Waals surface area (Å²) in [5.74, 6) is -1.06. The van der Waals surface area contributed by atoms with E-state index in [1.807, 2.05) is 0 Å². The minimum absolute atomic E-state index is 0.0778. The van der Waals surface area contributed by atoms with Crippen LogP contribution < -0.4 is 5.32 Å². The summed E-state index contributed by atoms with van der Waals surface area (Å²) in [6.07, 6.45) is 2.21. The van der Waals surface area contributed by atoms with Gasteiger partial charge in [0.2, 0.25) is 21.8 Å². The van der Waals surface area contributed by atoms with Gasteiger partial charge in [0.25, 0.3) is 0 Å². The minimum atomic E-state index is -3.50. The number of sulfonamides is 1. The molecule has 0 aromatic heterocycles. The van der Waals surface area contributed by atoms with E-state index in [1.165, 1.54) is 21.3 Å². The van der Waals surface area contributed by atoms with Crippen molar-refractivity contribution in [1.82, 2.24) is 14.5 Å². The van der Waals surface area contributed by atoms with E-state index in [1.54, 1.807) is 43.3 Å². The zero-order valence-corrected chi connectivity index (χ0v) is 20.6. The van der Waals surface area contributed by atoms with Gasteiger partial charge >= 0.3 is 0 Å². The Hall–Kier alpha value is -2.82. The van der Waals surface area contributed by atoms with Crippen molar-refractivity contribution in [3.8, 4) is 0 Å². The van der Waals surface area contributed by atoms with Gasteiger partial charge in [-0.1, -0.05) is 24.3 Å². The lowest BCUT2D eigenvalue weighted by atomic mass is 10.1. The molecular formula is C25H32FN3O5S. The van der Waals surface area contributed by atoms with Crippen LogP contribution in [0.3, 0.4) is 0 Å². The molecule has 0 bridgehead atoms. The highest BCUT2D eigenvalue weighted by molar-refractivity contribution is 7.89. The van der Waals surface area contributed by atoms with Crippen molar-refractivity contribution in [1.29, 1.82) is 0 Å². The largest absolute Gasteiger partial charge is 0.395 e. The Kier molecular flexibility index (Phi) is 9.36. The molecule has 0 aliphatic carbocycles. The molecule has 1 heterocycles. The molecule has 0 spiro atoms. The lowest BCUT2D eigenvalue weighted by molar-refractivity contribution is -0.140. The number of aliphatic hydroxyl groups is 1. The second-order valence-electron chi connectivity index (χ2n) is 8.59. The quantitative estimate of drug-likeness (QED) is 0.486. The Labute approximate surface area is 205 Å². The Balaban J connectivity index is 1.68. The van der Waals surface area contributed by atoms with Gasteiger partial charge in [-0.15, -0.1) is 0 Å². The number of rotatable bonds is 11. The van der Waals surface area contributed by atoms with Crippen LogP contribution in [-0.4, -0.2) is 66.8 Å². The average molecular weight is 506 g/mol. The van der Waals surface area contributed by atoms with Crippen molar-refractivity contribution in [2.45, 2.75) is 50.1 Å². The summed E-state index contributed by atoms with van der Waals surface area (Å²) in [4.78, 5) is 27.3. The number of nitrogens with zero attached hydrogens (tertiary/aromatic N) is 2. The van der Waals surface area contributed by atoms with Crippen molar-refractivity contribution in [3.63, 3.8) is 0 Å². The highest BCUT2D eigenvalue weighted by Gasteiger charge is 2.28. The zero-order valence-electron chi connectivity index (χ0n) is 19.8. The molecule has 2 amide bonds. The fourth-order valence-corrected chi connectivity index (χ4v) is 5.51. The van der Waals surface area contributed by atoms with Crippen molar-refractivity contribution < 1.29 is 27.5 Å². The number of hydrogen-bond donors (Lipinski definition) is 2. The topological polar surface area (TPSA) is 107 Å². The van der Waals surface area contributed by atoms with Crippen molar-refractivity contribution in [2.75, 3.05) is 26.2 Å². The normalized spacial score (nSPS) is 15.1. The van der Waals surface area contributed by atoms with E-state index in [0.717, 1.165) is 18.4 Å². The maximum absolute atomic E-state index is 13.3. The van der Waals surface area contributed by atoms with Gasteiger partial charge in [0, 0.05) is 32.6 Å². The number of halogens is 1. The summed E-state index contributed by atoms with van der Waals surface area (Å²) in [6, 6.07) is 11.5. The highest BCUT2D eigenvalue weighted by Crippen LogP contribution is 2.21. The van der Waals surface area contributed by atoms with Crippen molar-refractivity contribution in [3.05, 3.63) is 65.5 Å². The minimum Gasteiger partial charge on any atom is -0.395 e. The van der Waals surface area contributed by atoms with Crippen LogP contribution in [0.25, 0.3) is 0 Å². The number of carbonyl (C=O) groups excluding carboxylic acids is 2. The van der Waals surface area contributed by atoms with Gasteiger partial charge in [0.05, 0.1) is 11.5 Å². The number of amides is 2. The van der Waals surface area contributed by atoms with Crippen LogP contribution in [0.5, 0.6) is 0 Å².